The standard InChI is InChI=1S/C18H21N3O/c1-13-5-4-6-16(10-13)11-20-21-18(22)12-19-17-8-7-14(2)9-15(17)3/h4-11,19H,12H2,1-3H3,(H,21,22). The largest absolute Gasteiger partial charge is 0.376 e. The summed E-state index contributed by atoms with van der Waals surface area (Å²) >= 11 is 0. The van der Waals surface area contributed by atoms with Crippen LogP contribution in [0.2, 0.25) is 0 Å². The molecule has 22 heavy (non-hydrogen) atoms. The highest BCUT2D eigenvalue weighted by Crippen LogP contribution is 2.15. The van der Waals surface area contributed by atoms with Gasteiger partial charge in [-0.25, -0.2) is 5.43 Å². The molecule has 0 fully saturated rings. The van der Waals surface area contributed by atoms with Crippen LogP contribution in [0.15, 0.2) is 47.6 Å². The van der Waals surface area contributed by atoms with Gasteiger partial charge < -0.3 is 5.32 Å². The second kappa shape index (κ2) is 7.41. The van der Waals surface area contributed by atoms with Gasteiger partial charge >= 0.3 is 0 Å². The minimum absolute atomic E-state index is 0.177. The maximum atomic E-state index is 11.8. The van der Waals surface area contributed by atoms with Crippen molar-refractivity contribution in [1.29, 1.82) is 0 Å². The van der Waals surface area contributed by atoms with Crippen molar-refractivity contribution < 1.29 is 4.79 Å². The van der Waals surface area contributed by atoms with Crippen LogP contribution in [-0.4, -0.2) is 18.7 Å². The average Bonchev–Trinajstić information content (AvgIpc) is 2.46. The molecule has 0 atom stereocenters. The molecule has 0 aliphatic rings. The fraction of sp³-hybridized carbons (Fsp3) is 0.222. The molecule has 0 heterocycles. The highest BCUT2D eigenvalue weighted by atomic mass is 16.2. The molecule has 0 saturated carbocycles. The Kier molecular flexibility index (Phi) is 5.31. The number of benzene rings is 2. The van der Waals surface area contributed by atoms with Gasteiger partial charge in [0, 0.05) is 5.69 Å². The number of anilines is 1. The number of carbonyl (C=O) groups excluding carboxylic acids is 1. The van der Waals surface area contributed by atoms with Crippen molar-refractivity contribution in [3.8, 4) is 0 Å². The molecular formula is C18H21N3O. The summed E-state index contributed by atoms with van der Waals surface area (Å²) in [6.45, 7) is 6.27. The van der Waals surface area contributed by atoms with E-state index in [4.69, 9.17) is 0 Å². The average molecular weight is 295 g/mol. The third-order valence-corrected chi connectivity index (χ3v) is 3.27. The Morgan fingerprint density at radius 3 is 2.59 bits per heavy atom. The van der Waals surface area contributed by atoms with Crippen LogP contribution in [-0.2, 0) is 4.79 Å². The summed E-state index contributed by atoms with van der Waals surface area (Å²) in [6.07, 6.45) is 1.64. The predicted octanol–water partition coefficient (Wildman–Crippen LogP) is 3.17. The van der Waals surface area contributed by atoms with E-state index in [1.54, 1.807) is 6.21 Å². The normalized spacial score (nSPS) is 10.7. The molecule has 0 aliphatic heterocycles. The van der Waals surface area contributed by atoms with Crippen LogP contribution >= 0.6 is 0 Å². The number of hydrazone groups is 1. The van der Waals surface area contributed by atoms with Gasteiger partial charge in [-0.05, 0) is 38.0 Å². The molecular weight excluding hydrogens is 274 g/mol. The van der Waals surface area contributed by atoms with Crippen molar-refractivity contribution in [3.63, 3.8) is 0 Å². The minimum Gasteiger partial charge on any atom is -0.376 e. The Hall–Kier alpha value is -2.62. The van der Waals surface area contributed by atoms with Gasteiger partial charge in [0.25, 0.3) is 5.91 Å². The quantitative estimate of drug-likeness (QED) is 0.657. The molecule has 0 aliphatic carbocycles. The van der Waals surface area contributed by atoms with Crippen LogP contribution in [0.1, 0.15) is 22.3 Å². The Balaban J connectivity index is 1.83. The van der Waals surface area contributed by atoms with E-state index < -0.39 is 0 Å². The number of hydrogen-bond donors (Lipinski definition) is 2. The number of amides is 1. The van der Waals surface area contributed by atoms with Crippen molar-refractivity contribution in [2.75, 3.05) is 11.9 Å². The molecule has 2 aromatic rings. The molecule has 0 aromatic heterocycles. The van der Waals surface area contributed by atoms with Gasteiger partial charge in [-0.2, -0.15) is 5.10 Å². The van der Waals surface area contributed by atoms with Crippen LogP contribution in [0.4, 0.5) is 5.69 Å². The summed E-state index contributed by atoms with van der Waals surface area (Å²) in [4.78, 5) is 11.8. The highest BCUT2D eigenvalue weighted by molar-refractivity contribution is 5.84. The predicted molar refractivity (Wildman–Crippen MR) is 91.3 cm³/mol. The van der Waals surface area contributed by atoms with E-state index in [9.17, 15) is 4.79 Å². The molecule has 2 rings (SSSR count). The first-order valence-corrected chi connectivity index (χ1v) is 7.24. The van der Waals surface area contributed by atoms with Crippen LogP contribution in [0.5, 0.6) is 0 Å². The molecule has 0 radical (unpaired) electrons. The molecule has 0 saturated heterocycles. The monoisotopic (exact) mass is 295 g/mol. The number of rotatable bonds is 5. The third kappa shape index (κ3) is 4.74. The van der Waals surface area contributed by atoms with Crippen molar-refractivity contribution in [2.24, 2.45) is 5.10 Å². The lowest BCUT2D eigenvalue weighted by Crippen LogP contribution is -2.26. The van der Waals surface area contributed by atoms with E-state index in [2.05, 4.69) is 21.9 Å². The van der Waals surface area contributed by atoms with Gasteiger partial charge in [0.05, 0.1) is 12.8 Å². The molecule has 1 amide bonds. The number of aryl methyl sites for hydroxylation is 3. The second-order valence-electron chi connectivity index (χ2n) is 5.38. The number of nitrogens with one attached hydrogen (secondary N) is 2. The van der Waals surface area contributed by atoms with Gasteiger partial charge in [-0.3, -0.25) is 4.79 Å². The van der Waals surface area contributed by atoms with E-state index in [1.165, 1.54) is 5.56 Å². The van der Waals surface area contributed by atoms with Crippen LogP contribution in [0.3, 0.4) is 0 Å². The van der Waals surface area contributed by atoms with Crippen molar-refractivity contribution >= 4 is 17.8 Å². The molecule has 114 valence electrons. The number of hydrogen-bond acceptors (Lipinski definition) is 3. The maximum Gasteiger partial charge on any atom is 0.259 e. The zero-order valence-electron chi connectivity index (χ0n) is 13.2. The molecule has 4 heteroatoms. The Bertz CT molecular complexity index is 692. The summed E-state index contributed by atoms with van der Waals surface area (Å²) in [5.41, 5.74) is 7.93. The number of carbonyl (C=O) groups is 1. The first-order chi connectivity index (χ1) is 10.5. The summed E-state index contributed by atoms with van der Waals surface area (Å²) in [6, 6.07) is 14.0. The zero-order chi connectivity index (χ0) is 15.9. The molecule has 2 aromatic carbocycles. The first kappa shape index (κ1) is 15.8. The molecule has 4 nitrogen and oxygen atoms in total. The fourth-order valence-corrected chi connectivity index (χ4v) is 2.16. The molecule has 0 bridgehead atoms. The van der Waals surface area contributed by atoms with Crippen LogP contribution in [0.25, 0.3) is 0 Å². The van der Waals surface area contributed by atoms with E-state index in [1.807, 2.05) is 57.2 Å². The summed E-state index contributed by atoms with van der Waals surface area (Å²) in [5.74, 6) is -0.177. The molecule has 0 unspecified atom stereocenters. The second-order valence-corrected chi connectivity index (χ2v) is 5.38. The van der Waals surface area contributed by atoms with Crippen molar-refractivity contribution in [1.82, 2.24) is 5.43 Å². The zero-order valence-corrected chi connectivity index (χ0v) is 13.2. The Morgan fingerprint density at radius 2 is 1.86 bits per heavy atom. The Morgan fingerprint density at radius 1 is 1.09 bits per heavy atom. The van der Waals surface area contributed by atoms with E-state index >= 15 is 0 Å². The van der Waals surface area contributed by atoms with Crippen molar-refractivity contribution in [2.45, 2.75) is 20.8 Å². The van der Waals surface area contributed by atoms with Gasteiger partial charge in [0.1, 0.15) is 0 Å². The lowest BCUT2D eigenvalue weighted by Gasteiger charge is -2.09. The fourth-order valence-electron chi connectivity index (χ4n) is 2.16. The van der Waals surface area contributed by atoms with Crippen LogP contribution in [0, 0.1) is 20.8 Å². The van der Waals surface area contributed by atoms with Crippen LogP contribution < -0.4 is 10.7 Å². The third-order valence-electron chi connectivity index (χ3n) is 3.27. The molecule has 0 spiro atoms. The topological polar surface area (TPSA) is 53.5 Å². The summed E-state index contributed by atoms with van der Waals surface area (Å²) < 4.78 is 0. The summed E-state index contributed by atoms with van der Waals surface area (Å²) in [5, 5.41) is 7.08. The smallest absolute Gasteiger partial charge is 0.259 e. The maximum absolute atomic E-state index is 11.8. The first-order valence-electron chi connectivity index (χ1n) is 7.24. The SMILES string of the molecule is Cc1cccc(C=NNC(=O)CNc2ccc(C)cc2C)c1. The van der Waals surface area contributed by atoms with Crippen molar-refractivity contribution in [3.05, 3.63) is 64.7 Å². The Labute approximate surface area is 131 Å². The van der Waals surface area contributed by atoms with E-state index in [0.717, 1.165) is 22.4 Å². The lowest BCUT2D eigenvalue weighted by molar-refractivity contribution is -0.119. The van der Waals surface area contributed by atoms with Gasteiger partial charge in [-0.15, -0.1) is 0 Å². The highest BCUT2D eigenvalue weighted by Gasteiger charge is 2.02. The molecule has 2 N–H and O–H groups in total. The van der Waals surface area contributed by atoms with Gasteiger partial charge in [-0.1, -0.05) is 47.5 Å². The van der Waals surface area contributed by atoms with E-state index in [0.29, 0.717) is 0 Å². The van der Waals surface area contributed by atoms with Gasteiger partial charge in [0.2, 0.25) is 0 Å². The minimum atomic E-state index is -0.177. The van der Waals surface area contributed by atoms with E-state index in [-0.39, 0.29) is 12.5 Å². The lowest BCUT2D eigenvalue weighted by atomic mass is 10.1. The number of nitrogens with zero attached hydrogens (tertiary/aromatic N) is 1. The summed E-state index contributed by atoms with van der Waals surface area (Å²) in [7, 11) is 0. The van der Waals surface area contributed by atoms with Gasteiger partial charge in [0.15, 0.2) is 0 Å².